The Labute approximate surface area is 171 Å². The first-order valence-corrected chi connectivity index (χ1v) is 10.2. The van der Waals surface area contributed by atoms with Crippen LogP contribution in [0.2, 0.25) is 0 Å². The van der Waals surface area contributed by atoms with Crippen LogP contribution in [-0.2, 0) is 6.54 Å². The van der Waals surface area contributed by atoms with Gasteiger partial charge in [-0.05, 0) is 30.5 Å². The molecule has 1 aromatic carbocycles. The Morgan fingerprint density at radius 3 is 2.79 bits per heavy atom. The molecule has 4 rings (SSSR count). The lowest BCUT2D eigenvalue weighted by molar-refractivity contribution is -0.911. The largest absolute Gasteiger partial charge is 0.608 e. The highest BCUT2D eigenvalue weighted by Gasteiger charge is 2.22. The van der Waals surface area contributed by atoms with Gasteiger partial charge < -0.3 is 15.5 Å². The number of nitrogens with one attached hydrogen (secondary N) is 1. The van der Waals surface area contributed by atoms with Crippen molar-refractivity contribution in [2.24, 2.45) is 0 Å². The van der Waals surface area contributed by atoms with E-state index in [0.29, 0.717) is 23.8 Å². The Morgan fingerprint density at radius 2 is 2.03 bits per heavy atom. The molecule has 1 saturated carbocycles. The summed E-state index contributed by atoms with van der Waals surface area (Å²) >= 11 is 0. The molecule has 1 aliphatic carbocycles. The van der Waals surface area contributed by atoms with E-state index in [2.05, 4.69) is 14.5 Å². The number of hydrogen-bond acceptors (Lipinski definition) is 5. The minimum atomic E-state index is -0.0468. The topological polar surface area (TPSA) is 87.5 Å². The fourth-order valence-corrected chi connectivity index (χ4v) is 4.12. The zero-order chi connectivity index (χ0) is 20.2. The van der Waals surface area contributed by atoms with Gasteiger partial charge in [0.2, 0.25) is 0 Å². The Hall–Kier alpha value is -2.74. The van der Waals surface area contributed by atoms with Crippen molar-refractivity contribution in [3.05, 3.63) is 71.7 Å². The molecule has 1 unspecified atom stereocenters. The zero-order valence-electron chi connectivity index (χ0n) is 16.8. The van der Waals surface area contributed by atoms with Gasteiger partial charge in [0, 0.05) is 49.9 Å². The number of imidazole rings is 1. The second-order valence-electron chi connectivity index (χ2n) is 7.79. The number of nitrogens with zero attached hydrogens (tertiary/aromatic N) is 4. The molecule has 1 fully saturated rings. The molecule has 152 valence electrons. The Morgan fingerprint density at radius 1 is 1.21 bits per heavy atom. The van der Waals surface area contributed by atoms with E-state index < -0.39 is 0 Å². The average Bonchev–Trinajstić information content (AvgIpc) is 3.24. The van der Waals surface area contributed by atoms with Crippen molar-refractivity contribution in [1.82, 2.24) is 19.5 Å². The molecule has 29 heavy (non-hydrogen) atoms. The van der Waals surface area contributed by atoms with Gasteiger partial charge in [0.05, 0.1) is 17.9 Å². The van der Waals surface area contributed by atoms with Crippen molar-refractivity contribution < 1.29 is 5.17 Å². The first-order chi connectivity index (χ1) is 14.1. The minimum Gasteiger partial charge on any atom is -0.608 e. The number of rotatable bonds is 6. The predicted molar refractivity (Wildman–Crippen MR) is 113 cm³/mol. The van der Waals surface area contributed by atoms with Gasteiger partial charge in [0.15, 0.2) is 5.69 Å². The van der Waals surface area contributed by atoms with Crippen molar-refractivity contribution in [2.45, 2.75) is 44.6 Å². The molecule has 1 aliphatic rings. The van der Waals surface area contributed by atoms with Crippen LogP contribution in [-0.4, -0.2) is 26.6 Å². The van der Waals surface area contributed by atoms with Gasteiger partial charge in [-0.15, -0.1) is 0 Å². The van der Waals surface area contributed by atoms with Crippen LogP contribution in [0.25, 0.3) is 5.69 Å². The van der Waals surface area contributed by atoms with Crippen molar-refractivity contribution in [2.75, 3.05) is 12.8 Å². The first-order valence-electron chi connectivity index (χ1n) is 10.2. The first kappa shape index (κ1) is 19.6. The Balaban J connectivity index is 1.59. The maximum Gasteiger partial charge on any atom is 0.153 e. The number of pyridine rings is 1. The minimum absolute atomic E-state index is 0.0468. The highest BCUT2D eigenvalue weighted by molar-refractivity contribution is 5.62. The normalized spacial score (nSPS) is 16.2. The van der Waals surface area contributed by atoms with Crippen LogP contribution < -0.4 is 10.9 Å². The van der Waals surface area contributed by atoms with Crippen molar-refractivity contribution in [3.8, 4) is 5.69 Å². The molecule has 0 radical (unpaired) electrons. The lowest BCUT2D eigenvalue weighted by Gasteiger charge is -2.31. The van der Waals surface area contributed by atoms with E-state index in [9.17, 15) is 5.21 Å². The van der Waals surface area contributed by atoms with E-state index >= 15 is 0 Å². The molecular formula is C22H28N6O. The van der Waals surface area contributed by atoms with Crippen LogP contribution in [0.1, 0.15) is 49.4 Å². The van der Waals surface area contributed by atoms with Crippen LogP contribution in [0.15, 0.2) is 55.1 Å². The quantitative estimate of drug-likeness (QED) is 0.497. The van der Waals surface area contributed by atoms with Crippen LogP contribution in [0, 0.1) is 5.21 Å². The molecule has 7 nitrogen and oxygen atoms in total. The van der Waals surface area contributed by atoms with E-state index in [4.69, 9.17) is 5.73 Å². The van der Waals surface area contributed by atoms with E-state index in [1.807, 2.05) is 36.7 Å². The standard InChI is InChI=1S/C22H28N6O/c1-26(16-17-6-5-11-24-15-17)28(29)19-9-10-20(23)21(14-19)27-13-12-25-22(27)18-7-3-2-4-8-18/h5-6,9-15,18,28H,2-4,7-8,16,23H2,1H3. The highest BCUT2D eigenvalue weighted by atomic mass is 16.5. The summed E-state index contributed by atoms with van der Waals surface area (Å²) in [5.74, 6) is 1.50. The summed E-state index contributed by atoms with van der Waals surface area (Å²) < 4.78 is 2.06. The monoisotopic (exact) mass is 392 g/mol. The average molecular weight is 393 g/mol. The third kappa shape index (κ3) is 4.32. The van der Waals surface area contributed by atoms with Gasteiger partial charge in [-0.3, -0.25) is 10.2 Å². The third-order valence-electron chi connectivity index (χ3n) is 5.67. The van der Waals surface area contributed by atoms with Crippen LogP contribution in [0.3, 0.4) is 0 Å². The number of nitrogen functional groups attached to an aromatic ring is 1. The summed E-state index contributed by atoms with van der Waals surface area (Å²) in [6.45, 7) is 0.505. The third-order valence-corrected chi connectivity index (χ3v) is 5.67. The van der Waals surface area contributed by atoms with E-state index in [0.717, 1.165) is 29.9 Å². The van der Waals surface area contributed by atoms with E-state index in [1.54, 1.807) is 30.5 Å². The summed E-state index contributed by atoms with van der Waals surface area (Å²) in [6, 6.07) is 9.32. The summed E-state index contributed by atoms with van der Waals surface area (Å²) in [7, 11) is 1.80. The molecule has 0 saturated heterocycles. The Kier molecular flexibility index (Phi) is 5.89. The lowest BCUT2D eigenvalue weighted by Crippen LogP contribution is -3.08. The smallest absolute Gasteiger partial charge is 0.153 e. The SMILES string of the molecule is CN(Cc1cccnc1)[NH+]([O-])c1ccc(N)c(-n2ccnc2C2CCCCC2)c1. The molecule has 0 aliphatic heterocycles. The van der Waals surface area contributed by atoms with Gasteiger partial charge in [0.25, 0.3) is 0 Å². The number of aromatic nitrogens is 3. The second-order valence-corrected chi connectivity index (χ2v) is 7.79. The van der Waals surface area contributed by atoms with E-state index in [-0.39, 0.29) is 5.17 Å². The number of anilines is 1. The van der Waals surface area contributed by atoms with Crippen LogP contribution in [0.4, 0.5) is 11.4 Å². The molecule has 7 heteroatoms. The molecular weight excluding hydrogens is 364 g/mol. The molecule has 3 aromatic rings. The number of nitrogens with two attached hydrogens (primary N) is 1. The van der Waals surface area contributed by atoms with Crippen molar-refractivity contribution in [1.29, 1.82) is 0 Å². The molecule has 2 heterocycles. The highest BCUT2D eigenvalue weighted by Crippen LogP contribution is 2.34. The summed E-state index contributed by atoms with van der Waals surface area (Å²) in [5, 5.41) is 14.7. The molecule has 0 spiro atoms. The lowest BCUT2D eigenvalue weighted by atomic mass is 9.88. The maximum atomic E-state index is 13.0. The van der Waals surface area contributed by atoms with E-state index in [1.165, 1.54) is 19.3 Å². The molecule has 0 bridgehead atoms. The molecule has 1 atom stereocenters. The Bertz CT molecular complexity index is 935. The van der Waals surface area contributed by atoms with Gasteiger partial charge >= 0.3 is 0 Å². The molecule has 3 N–H and O–H groups in total. The number of hydrogen-bond donors (Lipinski definition) is 2. The van der Waals surface area contributed by atoms with Crippen LogP contribution in [0.5, 0.6) is 0 Å². The predicted octanol–water partition coefficient (Wildman–Crippen LogP) is 2.96. The second kappa shape index (κ2) is 8.73. The fourth-order valence-electron chi connectivity index (χ4n) is 4.12. The molecule has 0 amide bonds. The summed E-state index contributed by atoms with van der Waals surface area (Å²) in [4.78, 5) is 8.75. The summed E-state index contributed by atoms with van der Waals surface area (Å²) in [6.07, 6.45) is 13.4. The molecule has 2 aromatic heterocycles. The van der Waals surface area contributed by atoms with Crippen molar-refractivity contribution in [3.63, 3.8) is 0 Å². The fraction of sp³-hybridized carbons (Fsp3) is 0.364. The summed E-state index contributed by atoms with van der Waals surface area (Å²) in [5.41, 5.74) is 9.37. The maximum absolute atomic E-state index is 13.0. The van der Waals surface area contributed by atoms with Crippen molar-refractivity contribution >= 4 is 11.4 Å². The number of benzene rings is 1. The van der Waals surface area contributed by atoms with Gasteiger partial charge in [-0.2, -0.15) is 5.01 Å². The zero-order valence-corrected chi connectivity index (χ0v) is 16.8. The number of quaternary nitrogens is 1. The van der Waals surface area contributed by atoms with Gasteiger partial charge in [0.1, 0.15) is 5.82 Å². The van der Waals surface area contributed by atoms with Gasteiger partial charge in [-0.25, -0.2) is 4.98 Å². The van der Waals surface area contributed by atoms with Crippen LogP contribution >= 0.6 is 0 Å². The van der Waals surface area contributed by atoms with Gasteiger partial charge in [-0.1, -0.05) is 25.3 Å².